The van der Waals surface area contributed by atoms with Gasteiger partial charge in [-0.3, -0.25) is 0 Å². The van der Waals surface area contributed by atoms with Crippen LogP contribution in [0.15, 0.2) is 18.2 Å². The highest BCUT2D eigenvalue weighted by Crippen LogP contribution is 2.23. The maximum atomic E-state index is 13.4. The van der Waals surface area contributed by atoms with Crippen molar-refractivity contribution < 1.29 is 14.3 Å². The number of hydrogen-bond donors (Lipinski definition) is 1. The molecule has 0 atom stereocenters. The molecule has 0 spiro atoms. The zero-order valence-corrected chi connectivity index (χ0v) is 8.18. The summed E-state index contributed by atoms with van der Waals surface area (Å²) in [5, 5.41) is 8.57. The second-order valence-electron chi connectivity index (χ2n) is 2.76. The van der Waals surface area contributed by atoms with Gasteiger partial charge in [0.15, 0.2) is 0 Å². The Kier molecular flexibility index (Phi) is 3.25. The third-order valence-corrected chi connectivity index (χ3v) is 2.04. The standard InChI is InChI=1S/C10H8ClFO2/c1-6-2-4-8(11)7(10(6)12)3-5-9(13)14/h2-5H,1H3,(H,13,14). The minimum Gasteiger partial charge on any atom is -0.478 e. The number of aryl methyl sites for hydroxylation is 1. The Bertz CT molecular complexity index is 399. The molecule has 0 aliphatic rings. The molecule has 1 rings (SSSR count). The first-order valence-corrected chi connectivity index (χ1v) is 4.26. The summed E-state index contributed by atoms with van der Waals surface area (Å²) >= 11 is 5.70. The van der Waals surface area contributed by atoms with E-state index in [1.54, 1.807) is 6.92 Å². The van der Waals surface area contributed by atoms with Crippen molar-refractivity contribution in [1.29, 1.82) is 0 Å². The lowest BCUT2D eigenvalue weighted by Crippen LogP contribution is -1.91. The number of carboxylic acid groups (broad SMARTS) is 1. The van der Waals surface area contributed by atoms with Crippen LogP contribution in [0.3, 0.4) is 0 Å². The second kappa shape index (κ2) is 4.24. The van der Waals surface area contributed by atoms with E-state index in [1.165, 1.54) is 12.1 Å². The monoisotopic (exact) mass is 214 g/mol. The van der Waals surface area contributed by atoms with E-state index in [4.69, 9.17) is 16.7 Å². The summed E-state index contributed by atoms with van der Waals surface area (Å²) < 4.78 is 13.4. The van der Waals surface area contributed by atoms with Crippen molar-refractivity contribution in [2.45, 2.75) is 6.92 Å². The van der Waals surface area contributed by atoms with Crippen LogP contribution in [0, 0.1) is 12.7 Å². The predicted octanol–water partition coefficient (Wildman–Crippen LogP) is 2.89. The third kappa shape index (κ3) is 2.33. The van der Waals surface area contributed by atoms with Crippen molar-refractivity contribution in [1.82, 2.24) is 0 Å². The van der Waals surface area contributed by atoms with Gasteiger partial charge in [0.1, 0.15) is 5.82 Å². The number of rotatable bonds is 2. The van der Waals surface area contributed by atoms with E-state index in [0.717, 1.165) is 12.2 Å². The van der Waals surface area contributed by atoms with E-state index in [1.807, 2.05) is 0 Å². The van der Waals surface area contributed by atoms with Crippen molar-refractivity contribution in [2.24, 2.45) is 0 Å². The molecule has 0 aliphatic carbocycles. The molecule has 0 fully saturated rings. The van der Waals surface area contributed by atoms with Gasteiger partial charge < -0.3 is 5.11 Å². The smallest absolute Gasteiger partial charge is 0.328 e. The van der Waals surface area contributed by atoms with Gasteiger partial charge in [0, 0.05) is 11.6 Å². The molecule has 14 heavy (non-hydrogen) atoms. The Labute approximate surface area is 85.6 Å². The minimum atomic E-state index is -1.14. The first-order chi connectivity index (χ1) is 6.52. The Balaban J connectivity index is 3.19. The highest BCUT2D eigenvalue weighted by molar-refractivity contribution is 6.32. The molecular formula is C10H8ClFO2. The van der Waals surface area contributed by atoms with Crippen molar-refractivity contribution in [3.05, 3.63) is 40.2 Å². The maximum Gasteiger partial charge on any atom is 0.328 e. The van der Waals surface area contributed by atoms with Crippen LogP contribution in [0.5, 0.6) is 0 Å². The van der Waals surface area contributed by atoms with Gasteiger partial charge in [-0.2, -0.15) is 0 Å². The molecule has 1 N–H and O–H groups in total. The van der Waals surface area contributed by atoms with E-state index < -0.39 is 11.8 Å². The van der Waals surface area contributed by atoms with Gasteiger partial charge >= 0.3 is 5.97 Å². The summed E-state index contributed by atoms with van der Waals surface area (Å²) in [6.07, 6.45) is 2.00. The summed E-state index contributed by atoms with van der Waals surface area (Å²) in [6.45, 7) is 1.59. The fourth-order valence-corrected chi connectivity index (χ4v) is 1.19. The van der Waals surface area contributed by atoms with Gasteiger partial charge in [0.05, 0.1) is 5.02 Å². The van der Waals surface area contributed by atoms with Crippen LogP contribution >= 0.6 is 11.6 Å². The number of aliphatic carboxylic acids is 1. The minimum absolute atomic E-state index is 0.106. The average molecular weight is 215 g/mol. The second-order valence-corrected chi connectivity index (χ2v) is 3.17. The van der Waals surface area contributed by atoms with Crippen molar-refractivity contribution in [2.75, 3.05) is 0 Å². The van der Waals surface area contributed by atoms with Crippen LogP contribution in [-0.4, -0.2) is 11.1 Å². The number of carbonyl (C=O) groups is 1. The molecule has 0 radical (unpaired) electrons. The fourth-order valence-electron chi connectivity index (χ4n) is 0.986. The van der Waals surface area contributed by atoms with Crippen molar-refractivity contribution in [3.8, 4) is 0 Å². The molecular weight excluding hydrogens is 207 g/mol. The Hall–Kier alpha value is -1.35. The molecule has 1 aromatic rings. The lowest BCUT2D eigenvalue weighted by Gasteiger charge is -2.02. The predicted molar refractivity (Wildman–Crippen MR) is 52.8 cm³/mol. The van der Waals surface area contributed by atoms with Crippen LogP contribution < -0.4 is 0 Å². The molecule has 74 valence electrons. The van der Waals surface area contributed by atoms with Gasteiger partial charge in [-0.25, -0.2) is 9.18 Å². The van der Waals surface area contributed by atoms with Crippen LogP contribution in [0.25, 0.3) is 6.08 Å². The molecule has 1 aromatic carbocycles. The zero-order valence-electron chi connectivity index (χ0n) is 7.42. The number of carboxylic acids is 1. The number of benzene rings is 1. The van der Waals surface area contributed by atoms with Crippen LogP contribution in [-0.2, 0) is 4.79 Å². The van der Waals surface area contributed by atoms with Crippen molar-refractivity contribution in [3.63, 3.8) is 0 Å². The molecule has 0 bridgehead atoms. The van der Waals surface area contributed by atoms with E-state index in [9.17, 15) is 9.18 Å². The first-order valence-electron chi connectivity index (χ1n) is 3.88. The Morgan fingerprint density at radius 3 is 2.79 bits per heavy atom. The van der Waals surface area contributed by atoms with Gasteiger partial charge in [-0.05, 0) is 24.6 Å². The Morgan fingerprint density at radius 1 is 1.57 bits per heavy atom. The summed E-state index contributed by atoms with van der Waals surface area (Å²) in [4.78, 5) is 10.2. The third-order valence-electron chi connectivity index (χ3n) is 1.71. The number of hydrogen-bond acceptors (Lipinski definition) is 1. The van der Waals surface area contributed by atoms with Gasteiger partial charge in [0.25, 0.3) is 0 Å². The molecule has 0 aliphatic heterocycles. The highest BCUT2D eigenvalue weighted by Gasteiger charge is 2.06. The SMILES string of the molecule is Cc1ccc(Cl)c(C=CC(=O)O)c1F. The molecule has 0 amide bonds. The summed E-state index contributed by atoms with van der Waals surface area (Å²) in [5.74, 6) is -1.63. The largest absolute Gasteiger partial charge is 0.478 e. The molecule has 0 heterocycles. The van der Waals surface area contributed by atoms with Crippen LogP contribution in [0.1, 0.15) is 11.1 Å². The lowest BCUT2D eigenvalue weighted by molar-refractivity contribution is -0.131. The normalized spacial score (nSPS) is 10.8. The molecule has 4 heteroatoms. The molecule has 0 aromatic heterocycles. The molecule has 0 saturated carbocycles. The lowest BCUT2D eigenvalue weighted by atomic mass is 10.1. The van der Waals surface area contributed by atoms with E-state index in [2.05, 4.69) is 0 Å². The summed E-state index contributed by atoms with van der Waals surface area (Å²) in [7, 11) is 0. The average Bonchev–Trinajstić information content (AvgIpc) is 2.11. The van der Waals surface area contributed by atoms with Crippen LogP contribution in [0.2, 0.25) is 5.02 Å². The Morgan fingerprint density at radius 2 is 2.21 bits per heavy atom. The highest BCUT2D eigenvalue weighted by atomic mass is 35.5. The van der Waals surface area contributed by atoms with E-state index >= 15 is 0 Å². The molecule has 0 unspecified atom stereocenters. The summed E-state index contributed by atoms with van der Waals surface area (Å²) in [6, 6.07) is 3.07. The number of halogens is 2. The van der Waals surface area contributed by atoms with Gasteiger partial charge in [0.2, 0.25) is 0 Å². The fraction of sp³-hybridized carbons (Fsp3) is 0.100. The topological polar surface area (TPSA) is 37.3 Å². The first kappa shape index (κ1) is 10.7. The molecule has 0 saturated heterocycles. The van der Waals surface area contributed by atoms with E-state index in [-0.39, 0.29) is 10.6 Å². The summed E-state index contributed by atoms with van der Waals surface area (Å²) in [5.41, 5.74) is 0.536. The van der Waals surface area contributed by atoms with Crippen molar-refractivity contribution >= 4 is 23.6 Å². The van der Waals surface area contributed by atoms with Crippen LogP contribution in [0.4, 0.5) is 4.39 Å². The van der Waals surface area contributed by atoms with Gasteiger partial charge in [-0.1, -0.05) is 17.7 Å². The van der Waals surface area contributed by atoms with E-state index in [0.29, 0.717) is 5.56 Å². The zero-order chi connectivity index (χ0) is 10.7. The quantitative estimate of drug-likeness (QED) is 0.769. The maximum absolute atomic E-state index is 13.4. The van der Waals surface area contributed by atoms with Gasteiger partial charge in [-0.15, -0.1) is 0 Å². The molecule has 2 nitrogen and oxygen atoms in total.